The number of aryl methyl sites for hydroxylation is 1. The van der Waals surface area contributed by atoms with E-state index < -0.39 is 17.8 Å². The van der Waals surface area contributed by atoms with Crippen LogP contribution in [0.25, 0.3) is 0 Å². The average molecular weight is 357 g/mol. The van der Waals surface area contributed by atoms with Crippen LogP contribution in [0.5, 0.6) is 0 Å². The number of benzene rings is 1. The largest absolute Gasteiger partial charge is 0.416 e. The number of amides is 2. The van der Waals surface area contributed by atoms with Crippen LogP contribution >= 0.6 is 11.3 Å². The van der Waals surface area contributed by atoms with E-state index in [2.05, 4.69) is 20.8 Å². The highest BCUT2D eigenvalue weighted by Gasteiger charge is 2.32. The molecule has 1 saturated heterocycles. The van der Waals surface area contributed by atoms with Crippen molar-refractivity contribution in [3.05, 3.63) is 34.8 Å². The third-order valence-corrected chi connectivity index (χ3v) is 4.35. The SMILES string of the molecule is Cc1nnc(N2CC(NC(=O)Nc3cccc(C(F)(F)F)c3)C2)s1. The highest BCUT2D eigenvalue weighted by Crippen LogP contribution is 2.30. The fourth-order valence-electron chi connectivity index (χ4n) is 2.27. The van der Waals surface area contributed by atoms with E-state index in [9.17, 15) is 18.0 Å². The fraction of sp³-hybridized carbons (Fsp3) is 0.357. The predicted octanol–water partition coefficient (Wildman–Crippen LogP) is 2.88. The van der Waals surface area contributed by atoms with E-state index in [0.29, 0.717) is 13.1 Å². The molecule has 2 aromatic rings. The first kappa shape index (κ1) is 16.5. The Hall–Kier alpha value is -2.36. The van der Waals surface area contributed by atoms with Crippen LogP contribution in [-0.2, 0) is 6.18 Å². The lowest BCUT2D eigenvalue weighted by Gasteiger charge is -2.38. The number of halogens is 3. The van der Waals surface area contributed by atoms with E-state index in [1.54, 1.807) is 0 Å². The molecule has 0 bridgehead atoms. The highest BCUT2D eigenvalue weighted by molar-refractivity contribution is 7.15. The minimum Gasteiger partial charge on any atom is -0.342 e. The van der Waals surface area contributed by atoms with E-state index in [4.69, 9.17) is 0 Å². The highest BCUT2D eigenvalue weighted by atomic mass is 32.1. The summed E-state index contributed by atoms with van der Waals surface area (Å²) in [5, 5.41) is 14.7. The number of anilines is 2. The maximum Gasteiger partial charge on any atom is 0.416 e. The second-order valence-corrected chi connectivity index (χ2v) is 6.54. The third-order valence-electron chi connectivity index (χ3n) is 3.45. The zero-order valence-corrected chi connectivity index (χ0v) is 13.4. The zero-order chi connectivity index (χ0) is 17.3. The topological polar surface area (TPSA) is 70.2 Å². The summed E-state index contributed by atoms with van der Waals surface area (Å²) in [6.45, 7) is 3.04. The molecule has 1 aliphatic heterocycles. The molecule has 1 fully saturated rings. The van der Waals surface area contributed by atoms with Crippen molar-refractivity contribution in [1.29, 1.82) is 0 Å². The molecule has 2 N–H and O–H groups in total. The van der Waals surface area contributed by atoms with Gasteiger partial charge in [0.05, 0.1) is 11.6 Å². The van der Waals surface area contributed by atoms with Gasteiger partial charge in [0.25, 0.3) is 0 Å². The molecule has 10 heteroatoms. The fourth-order valence-corrected chi connectivity index (χ4v) is 2.97. The Balaban J connectivity index is 1.50. The van der Waals surface area contributed by atoms with Crippen molar-refractivity contribution >= 4 is 28.2 Å². The van der Waals surface area contributed by atoms with Gasteiger partial charge in [-0.15, -0.1) is 10.2 Å². The van der Waals surface area contributed by atoms with Crippen molar-refractivity contribution in [2.75, 3.05) is 23.3 Å². The molecule has 128 valence electrons. The number of hydrogen-bond donors (Lipinski definition) is 2. The summed E-state index contributed by atoms with van der Waals surface area (Å²) in [6, 6.07) is 3.90. The molecule has 2 amide bonds. The summed E-state index contributed by atoms with van der Waals surface area (Å²) in [7, 11) is 0. The van der Waals surface area contributed by atoms with Gasteiger partial charge in [-0.1, -0.05) is 17.4 Å². The monoisotopic (exact) mass is 357 g/mol. The van der Waals surface area contributed by atoms with E-state index in [0.717, 1.165) is 22.3 Å². The van der Waals surface area contributed by atoms with Crippen molar-refractivity contribution < 1.29 is 18.0 Å². The molecule has 0 atom stereocenters. The lowest BCUT2D eigenvalue weighted by Crippen LogP contribution is -2.60. The van der Waals surface area contributed by atoms with Crippen LogP contribution < -0.4 is 15.5 Å². The van der Waals surface area contributed by atoms with Crippen LogP contribution in [0, 0.1) is 6.92 Å². The molecule has 3 rings (SSSR count). The van der Waals surface area contributed by atoms with E-state index in [-0.39, 0.29) is 11.7 Å². The summed E-state index contributed by atoms with van der Waals surface area (Å²) in [5.41, 5.74) is -0.708. The van der Waals surface area contributed by atoms with Crippen molar-refractivity contribution in [3.8, 4) is 0 Å². The normalized spacial score (nSPS) is 15.1. The number of alkyl halides is 3. The van der Waals surface area contributed by atoms with Gasteiger partial charge >= 0.3 is 12.2 Å². The summed E-state index contributed by atoms with van der Waals surface area (Å²) >= 11 is 1.47. The number of urea groups is 1. The number of aromatic nitrogens is 2. The van der Waals surface area contributed by atoms with Gasteiger partial charge in [-0.3, -0.25) is 0 Å². The molecule has 6 nitrogen and oxygen atoms in total. The minimum absolute atomic E-state index is 0.0833. The Morgan fingerprint density at radius 3 is 2.71 bits per heavy atom. The molecule has 0 radical (unpaired) electrons. The van der Waals surface area contributed by atoms with Gasteiger partial charge in [0, 0.05) is 18.8 Å². The number of nitrogens with one attached hydrogen (secondary N) is 2. The standard InChI is InChI=1S/C14H14F3N5OS/c1-8-20-21-13(24-8)22-6-11(7-22)19-12(23)18-10-4-2-3-9(5-10)14(15,16)17/h2-5,11H,6-7H2,1H3,(H2,18,19,23). The summed E-state index contributed by atoms with van der Waals surface area (Å²) in [6.07, 6.45) is -4.44. The number of carbonyl (C=O) groups is 1. The number of nitrogens with zero attached hydrogens (tertiary/aromatic N) is 3. The second-order valence-electron chi connectivity index (χ2n) is 5.38. The number of hydrogen-bond acceptors (Lipinski definition) is 5. The predicted molar refractivity (Wildman–Crippen MR) is 84.2 cm³/mol. The van der Waals surface area contributed by atoms with E-state index in [1.807, 2.05) is 11.8 Å². The van der Waals surface area contributed by atoms with Gasteiger partial charge in [-0.25, -0.2) is 4.79 Å². The Bertz CT molecular complexity index is 742. The molecule has 0 aliphatic carbocycles. The Labute approximate surface area is 139 Å². The summed E-state index contributed by atoms with van der Waals surface area (Å²) in [4.78, 5) is 13.8. The van der Waals surface area contributed by atoms with Gasteiger partial charge in [-0.2, -0.15) is 13.2 Å². The molecule has 1 aliphatic rings. The smallest absolute Gasteiger partial charge is 0.342 e. The molecule has 0 unspecified atom stereocenters. The van der Waals surface area contributed by atoms with Gasteiger partial charge in [0.15, 0.2) is 0 Å². The van der Waals surface area contributed by atoms with E-state index >= 15 is 0 Å². The maximum absolute atomic E-state index is 12.6. The zero-order valence-electron chi connectivity index (χ0n) is 12.6. The Morgan fingerprint density at radius 1 is 1.33 bits per heavy atom. The number of carbonyl (C=O) groups excluding carboxylic acids is 1. The first-order valence-electron chi connectivity index (χ1n) is 7.11. The molecule has 1 aromatic heterocycles. The van der Waals surface area contributed by atoms with Crippen molar-refractivity contribution in [3.63, 3.8) is 0 Å². The summed E-state index contributed by atoms with van der Waals surface area (Å²) < 4.78 is 37.9. The maximum atomic E-state index is 12.6. The Morgan fingerprint density at radius 2 is 2.08 bits per heavy atom. The first-order chi connectivity index (χ1) is 11.3. The van der Waals surface area contributed by atoms with Gasteiger partial charge < -0.3 is 15.5 Å². The molecular formula is C14H14F3N5OS. The first-order valence-corrected chi connectivity index (χ1v) is 7.93. The molecule has 1 aromatic carbocycles. The van der Waals surface area contributed by atoms with Crippen molar-refractivity contribution in [2.45, 2.75) is 19.1 Å². The quantitative estimate of drug-likeness (QED) is 0.886. The van der Waals surface area contributed by atoms with Crippen LogP contribution in [0.4, 0.5) is 28.8 Å². The van der Waals surface area contributed by atoms with Crippen LogP contribution in [0.3, 0.4) is 0 Å². The average Bonchev–Trinajstić information content (AvgIpc) is 2.88. The lowest BCUT2D eigenvalue weighted by atomic mass is 10.1. The molecular weight excluding hydrogens is 343 g/mol. The van der Waals surface area contributed by atoms with Crippen LogP contribution in [-0.4, -0.2) is 35.4 Å². The van der Waals surface area contributed by atoms with E-state index in [1.165, 1.54) is 23.5 Å². The molecule has 2 heterocycles. The van der Waals surface area contributed by atoms with Gasteiger partial charge in [-0.05, 0) is 25.1 Å². The number of rotatable bonds is 3. The van der Waals surface area contributed by atoms with Crippen LogP contribution in [0.2, 0.25) is 0 Å². The summed E-state index contributed by atoms with van der Waals surface area (Å²) in [5.74, 6) is 0. The minimum atomic E-state index is -4.44. The van der Waals surface area contributed by atoms with Crippen LogP contribution in [0.15, 0.2) is 24.3 Å². The van der Waals surface area contributed by atoms with Crippen molar-refractivity contribution in [2.24, 2.45) is 0 Å². The third kappa shape index (κ3) is 3.75. The van der Waals surface area contributed by atoms with Gasteiger partial charge in [0.1, 0.15) is 5.01 Å². The van der Waals surface area contributed by atoms with Gasteiger partial charge in [0.2, 0.25) is 5.13 Å². The Kier molecular flexibility index (Phi) is 4.31. The molecule has 24 heavy (non-hydrogen) atoms. The van der Waals surface area contributed by atoms with Crippen LogP contribution in [0.1, 0.15) is 10.6 Å². The van der Waals surface area contributed by atoms with Crippen molar-refractivity contribution in [1.82, 2.24) is 15.5 Å². The molecule has 0 saturated carbocycles. The second kappa shape index (κ2) is 6.27. The molecule has 0 spiro atoms. The lowest BCUT2D eigenvalue weighted by molar-refractivity contribution is -0.137.